The van der Waals surface area contributed by atoms with Gasteiger partial charge in [0, 0.05) is 23.1 Å². The summed E-state index contributed by atoms with van der Waals surface area (Å²) in [5.74, 6) is 6.81. The number of azide groups is 1. The molecule has 0 saturated carbocycles. The van der Waals surface area contributed by atoms with Crippen LogP contribution < -0.4 is 0 Å². The number of rotatable bonds is 4. The van der Waals surface area contributed by atoms with E-state index < -0.39 is 0 Å². The number of benzene rings is 2. The van der Waals surface area contributed by atoms with Crippen LogP contribution in [-0.4, -0.2) is 24.0 Å². The molecule has 1 fully saturated rings. The Labute approximate surface area is 149 Å². The highest BCUT2D eigenvalue weighted by molar-refractivity contribution is 5.40. The molecule has 1 aliphatic rings. The predicted molar refractivity (Wildman–Crippen MR) is 101 cm³/mol. The fourth-order valence-corrected chi connectivity index (χ4v) is 3.43. The number of hydrogen-bond donors (Lipinski definition) is 0. The van der Waals surface area contributed by atoms with Gasteiger partial charge in [0.1, 0.15) is 0 Å². The fraction of sp³-hybridized carbons (Fsp3) is 0.333. The van der Waals surface area contributed by atoms with Crippen molar-refractivity contribution in [1.82, 2.24) is 4.90 Å². The van der Waals surface area contributed by atoms with E-state index in [4.69, 9.17) is 5.53 Å². The van der Waals surface area contributed by atoms with Crippen molar-refractivity contribution < 1.29 is 0 Å². The molecule has 2 atom stereocenters. The summed E-state index contributed by atoms with van der Waals surface area (Å²) in [6.07, 6.45) is 2.16. The molecule has 2 aromatic carbocycles. The molecule has 0 bridgehead atoms. The van der Waals surface area contributed by atoms with Crippen molar-refractivity contribution in [3.63, 3.8) is 0 Å². The molecule has 1 aliphatic heterocycles. The van der Waals surface area contributed by atoms with Crippen molar-refractivity contribution in [1.29, 1.82) is 0 Å². The SMILES string of the molecule is Cc1ccccc1[C@@H](C#Cc1ccccc1)N1CCC[C@H]1CN=[N+]=[N-]. The first-order valence-electron chi connectivity index (χ1n) is 8.68. The lowest BCUT2D eigenvalue weighted by atomic mass is 9.99. The summed E-state index contributed by atoms with van der Waals surface area (Å²) in [4.78, 5) is 5.33. The van der Waals surface area contributed by atoms with Crippen LogP contribution in [0, 0.1) is 18.8 Å². The fourth-order valence-electron chi connectivity index (χ4n) is 3.43. The van der Waals surface area contributed by atoms with Crippen molar-refractivity contribution in [2.45, 2.75) is 31.8 Å². The molecular formula is C21H22N4. The standard InChI is InChI=1S/C21H22N4/c1-17-8-5-6-12-20(17)21(14-13-18-9-3-2-4-10-18)25-15-7-11-19(25)16-23-24-22/h2-6,8-10,12,19,21H,7,11,15-16H2,1H3/t19-,21+/m0/s1. The van der Waals surface area contributed by atoms with E-state index in [1.807, 2.05) is 30.3 Å². The molecule has 1 heterocycles. The number of hydrogen-bond acceptors (Lipinski definition) is 2. The molecule has 0 N–H and O–H groups in total. The molecule has 0 aromatic heterocycles. The Morgan fingerprint density at radius 2 is 1.96 bits per heavy atom. The second-order valence-corrected chi connectivity index (χ2v) is 6.34. The van der Waals surface area contributed by atoms with Crippen LogP contribution in [0.4, 0.5) is 0 Å². The van der Waals surface area contributed by atoms with E-state index in [9.17, 15) is 0 Å². The second-order valence-electron chi connectivity index (χ2n) is 6.34. The van der Waals surface area contributed by atoms with Gasteiger partial charge in [0.25, 0.3) is 0 Å². The highest BCUT2D eigenvalue weighted by Crippen LogP contribution is 2.31. The number of aryl methyl sites for hydroxylation is 1. The molecule has 0 amide bonds. The average Bonchev–Trinajstić information content (AvgIpc) is 3.11. The van der Waals surface area contributed by atoms with Gasteiger partial charge in [-0.2, -0.15) is 0 Å². The lowest BCUT2D eigenvalue weighted by Gasteiger charge is -2.30. The van der Waals surface area contributed by atoms with Gasteiger partial charge in [-0.3, -0.25) is 4.90 Å². The second kappa shape index (κ2) is 8.39. The van der Waals surface area contributed by atoms with E-state index in [0.29, 0.717) is 6.54 Å². The maximum atomic E-state index is 8.68. The Kier molecular flexibility index (Phi) is 5.74. The van der Waals surface area contributed by atoms with Gasteiger partial charge >= 0.3 is 0 Å². The van der Waals surface area contributed by atoms with Crippen molar-refractivity contribution in [3.05, 3.63) is 81.7 Å². The van der Waals surface area contributed by atoms with Crippen LogP contribution in [0.3, 0.4) is 0 Å². The predicted octanol–water partition coefficient (Wildman–Crippen LogP) is 4.86. The summed E-state index contributed by atoms with van der Waals surface area (Å²) < 4.78 is 0. The maximum Gasteiger partial charge on any atom is 0.0979 e. The van der Waals surface area contributed by atoms with Gasteiger partial charge in [-0.15, -0.1) is 0 Å². The Morgan fingerprint density at radius 3 is 2.72 bits per heavy atom. The normalized spacial score (nSPS) is 18.0. The summed E-state index contributed by atoms with van der Waals surface area (Å²) in [5, 5.41) is 3.81. The molecule has 1 saturated heterocycles. The first-order chi connectivity index (χ1) is 12.3. The van der Waals surface area contributed by atoms with Crippen LogP contribution in [0.5, 0.6) is 0 Å². The van der Waals surface area contributed by atoms with Crippen molar-refractivity contribution in [2.75, 3.05) is 13.1 Å². The Balaban J connectivity index is 1.96. The van der Waals surface area contributed by atoms with Crippen LogP contribution in [-0.2, 0) is 0 Å². The Morgan fingerprint density at radius 1 is 1.20 bits per heavy atom. The zero-order valence-corrected chi connectivity index (χ0v) is 14.5. The minimum atomic E-state index is 0.0165. The highest BCUT2D eigenvalue weighted by atomic mass is 15.2. The highest BCUT2D eigenvalue weighted by Gasteiger charge is 2.30. The van der Waals surface area contributed by atoms with Gasteiger partial charge in [0.05, 0.1) is 6.04 Å². The monoisotopic (exact) mass is 330 g/mol. The van der Waals surface area contributed by atoms with Gasteiger partial charge in [-0.05, 0) is 55.1 Å². The van der Waals surface area contributed by atoms with E-state index in [2.05, 4.69) is 58.0 Å². The lowest BCUT2D eigenvalue weighted by Crippen LogP contribution is -2.35. The topological polar surface area (TPSA) is 52.0 Å². The van der Waals surface area contributed by atoms with Crippen molar-refractivity contribution in [3.8, 4) is 11.8 Å². The van der Waals surface area contributed by atoms with Gasteiger partial charge in [0.15, 0.2) is 0 Å². The molecular weight excluding hydrogens is 308 g/mol. The molecule has 2 aromatic rings. The summed E-state index contributed by atoms with van der Waals surface area (Å²) in [6.45, 7) is 3.62. The zero-order chi connectivity index (χ0) is 17.5. The van der Waals surface area contributed by atoms with Crippen molar-refractivity contribution in [2.24, 2.45) is 5.11 Å². The van der Waals surface area contributed by atoms with Gasteiger partial charge in [0.2, 0.25) is 0 Å². The maximum absolute atomic E-state index is 8.68. The molecule has 126 valence electrons. The van der Waals surface area contributed by atoms with Gasteiger partial charge in [-0.25, -0.2) is 0 Å². The van der Waals surface area contributed by atoms with Crippen molar-refractivity contribution >= 4 is 0 Å². The molecule has 4 nitrogen and oxygen atoms in total. The first kappa shape index (κ1) is 17.1. The van der Waals surface area contributed by atoms with Gasteiger partial charge in [-0.1, -0.05) is 59.4 Å². The van der Waals surface area contributed by atoms with E-state index in [-0.39, 0.29) is 12.1 Å². The Bertz CT molecular complexity index is 813. The summed E-state index contributed by atoms with van der Waals surface area (Å²) in [6, 6.07) is 18.8. The molecule has 3 rings (SSSR count). The minimum Gasteiger partial charge on any atom is -0.283 e. The van der Waals surface area contributed by atoms with Gasteiger partial charge < -0.3 is 0 Å². The summed E-state index contributed by atoms with van der Waals surface area (Å²) >= 11 is 0. The van der Waals surface area contributed by atoms with Crippen LogP contribution in [0.25, 0.3) is 10.4 Å². The number of likely N-dealkylation sites (tertiary alicyclic amines) is 1. The van der Waals surface area contributed by atoms with E-state index in [0.717, 1.165) is 24.9 Å². The molecule has 0 aliphatic carbocycles. The quantitative estimate of drug-likeness (QED) is 0.342. The first-order valence-corrected chi connectivity index (χ1v) is 8.68. The average molecular weight is 330 g/mol. The lowest BCUT2D eigenvalue weighted by molar-refractivity contribution is 0.222. The molecule has 0 unspecified atom stereocenters. The van der Waals surface area contributed by atoms with Crippen LogP contribution >= 0.6 is 0 Å². The van der Waals surface area contributed by atoms with Crippen LogP contribution in [0.15, 0.2) is 59.7 Å². The Hall–Kier alpha value is -2.73. The smallest absolute Gasteiger partial charge is 0.0979 e. The zero-order valence-electron chi connectivity index (χ0n) is 14.5. The number of nitrogens with zero attached hydrogens (tertiary/aromatic N) is 4. The summed E-state index contributed by atoms with van der Waals surface area (Å²) in [5.41, 5.74) is 12.2. The van der Waals surface area contributed by atoms with E-state index in [1.54, 1.807) is 0 Å². The third-order valence-electron chi connectivity index (χ3n) is 4.72. The minimum absolute atomic E-state index is 0.0165. The largest absolute Gasteiger partial charge is 0.283 e. The van der Waals surface area contributed by atoms with E-state index in [1.165, 1.54) is 11.1 Å². The third-order valence-corrected chi connectivity index (χ3v) is 4.72. The molecule has 0 spiro atoms. The summed E-state index contributed by atoms with van der Waals surface area (Å²) in [7, 11) is 0. The van der Waals surface area contributed by atoms with Crippen LogP contribution in [0.2, 0.25) is 0 Å². The molecule has 25 heavy (non-hydrogen) atoms. The molecule has 4 heteroatoms. The third kappa shape index (κ3) is 4.22. The van der Waals surface area contributed by atoms with Crippen LogP contribution in [0.1, 0.15) is 35.6 Å². The van der Waals surface area contributed by atoms with E-state index >= 15 is 0 Å². The molecule has 0 radical (unpaired) electrons.